The standard InChI is InChI=1S/C19H41NO2/c1-8-19(15-21-6,16-22-7)11-9-10-12-20(13-17(2)3)14-18(4)5/h17-18H,8-16H2,1-7H3. The van der Waals surface area contributed by atoms with Gasteiger partial charge in [-0.1, -0.05) is 41.0 Å². The summed E-state index contributed by atoms with van der Waals surface area (Å²) in [7, 11) is 3.60. The van der Waals surface area contributed by atoms with E-state index in [1.54, 1.807) is 14.2 Å². The Morgan fingerprint density at radius 1 is 0.864 bits per heavy atom. The zero-order valence-electron chi connectivity index (χ0n) is 16.3. The quantitative estimate of drug-likeness (QED) is 0.442. The molecule has 0 spiro atoms. The van der Waals surface area contributed by atoms with Crippen molar-refractivity contribution in [1.29, 1.82) is 0 Å². The molecule has 3 heteroatoms. The minimum absolute atomic E-state index is 0.199. The van der Waals surface area contributed by atoms with Gasteiger partial charge in [0.05, 0.1) is 13.2 Å². The van der Waals surface area contributed by atoms with Crippen molar-refractivity contribution in [1.82, 2.24) is 4.90 Å². The molecule has 0 heterocycles. The lowest BCUT2D eigenvalue weighted by Gasteiger charge is -2.32. The van der Waals surface area contributed by atoms with Crippen LogP contribution >= 0.6 is 0 Å². The maximum absolute atomic E-state index is 5.44. The van der Waals surface area contributed by atoms with E-state index in [-0.39, 0.29) is 5.41 Å². The van der Waals surface area contributed by atoms with E-state index in [4.69, 9.17) is 9.47 Å². The zero-order chi connectivity index (χ0) is 17.0. The lowest BCUT2D eigenvalue weighted by atomic mass is 9.81. The third-order valence-corrected chi connectivity index (χ3v) is 4.33. The van der Waals surface area contributed by atoms with Crippen LogP contribution in [0.5, 0.6) is 0 Å². The molecule has 0 N–H and O–H groups in total. The van der Waals surface area contributed by atoms with E-state index >= 15 is 0 Å². The summed E-state index contributed by atoms with van der Waals surface area (Å²) in [4.78, 5) is 2.63. The van der Waals surface area contributed by atoms with Gasteiger partial charge in [-0.3, -0.25) is 0 Å². The monoisotopic (exact) mass is 315 g/mol. The third kappa shape index (κ3) is 9.81. The van der Waals surface area contributed by atoms with Gasteiger partial charge < -0.3 is 14.4 Å². The van der Waals surface area contributed by atoms with Crippen LogP contribution in [0.25, 0.3) is 0 Å². The van der Waals surface area contributed by atoms with Crippen LogP contribution in [0.3, 0.4) is 0 Å². The number of ether oxygens (including phenoxy) is 2. The molecular formula is C19H41NO2. The molecule has 0 aliphatic heterocycles. The molecule has 3 nitrogen and oxygen atoms in total. The van der Waals surface area contributed by atoms with Gasteiger partial charge in [-0.2, -0.15) is 0 Å². The summed E-state index contributed by atoms with van der Waals surface area (Å²) < 4.78 is 10.9. The molecule has 0 aromatic carbocycles. The Balaban J connectivity index is 4.27. The highest BCUT2D eigenvalue weighted by Crippen LogP contribution is 2.29. The predicted molar refractivity (Wildman–Crippen MR) is 96.4 cm³/mol. The van der Waals surface area contributed by atoms with Crippen molar-refractivity contribution in [2.24, 2.45) is 17.3 Å². The molecule has 0 radical (unpaired) electrons. The second-order valence-corrected chi connectivity index (χ2v) is 7.72. The van der Waals surface area contributed by atoms with E-state index in [1.807, 2.05) is 0 Å². The van der Waals surface area contributed by atoms with Crippen LogP contribution in [0.15, 0.2) is 0 Å². The van der Waals surface area contributed by atoms with Crippen LogP contribution in [0, 0.1) is 17.3 Å². The van der Waals surface area contributed by atoms with Crippen molar-refractivity contribution in [3.8, 4) is 0 Å². The van der Waals surface area contributed by atoms with Gasteiger partial charge in [-0.15, -0.1) is 0 Å². The molecule has 22 heavy (non-hydrogen) atoms. The van der Waals surface area contributed by atoms with Gasteiger partial charge in [-0.25, -0.2) is 0 Å². The van der Waals surface area contributed by atoms with Crippen molar-refractivity contribution < 1.29 is 9.47 Å². The van der Waals surface area contributed by atoms with Crippen LogP contribution in [-0.4, -0.2) is 52.0 Å². The van der Waals surface area contributed by atoms with Gasteiger partial charge >= 0.3 is 0 Å². The number of rotatable bonds is 14. The summed E-state index contributed by atoms with van der Waals surface area (Å²) in [5.74, 6) is 1.49. The van der Waals surface area contributed by atoms with E-state index in [0.29, 0.717) is 0 Å². The van der Waals surface area contributed by atoms with Gasteiger partial charge in [0, 0.05) is 32.7 Å². The van der Waals surface area contributed by atoms with Gasteiger partial charge in [0.25, 0.3) is 0 Å². The van der Waals surface area contributed by atoms with Crippen molar-refractivity contribution in [3.05, 3.63) is 0 Å². The topological polar surface area (TPSA) is 21.7 Å². The Hall–Kier alpha value is -0.120. The summed E-state index contributed by atoms with van der Waals surface area (Å²) >= 11 is 0. The first-order valence-corrected chi connectivity index (χ1v) is 9.09. The van der Waals surface area contributed by atoms with Crippen molar-refractivity contribution in [2.75, 3.05) is 47.1 Å². The average molecular weight is 316 g/mol. The van der Waals surface area contributed by atoms with Crippen LogP contribution in [0.4, 0.5) is 0 Å². The van der Waals surface area contributed by atoms with E-state index in [1.165, 1.54) is 38.9 Å². The highest BCUT2D eigenvalue weighted by atomic mass is 16.5. The van der Waals surface area contributed by atoms with Crippen molar-refractivity contribution >= 4 is 0 Å². The van der Waals surface area contributed by atoms with Crippen LogP contribution in [0.1, 0.15) is 60.3 Å². The molecule has 0 unspecified atom stereocenters. The lowest BCUT2D eigenvalue weighted by Crippen LogP contribution is -2.33. The Kier molecular flexibility index (Phi) is 12.3. The zero-order valence-corrected chi connectivity index (χ0v) is 16.3. The molecule has 0 saturated carbocycles. The summed E-state index contributed by atoms with van der Waals surface area (Å²) in [6, 6.07) is 0. The van der Waals surface area contributed by atoms with Gasteiger partial charge in [-0.05, 0) is 37.6 Å². The first-order valence-electron chi connectivity index (χ1n) is 9.09. The van der Waals surface area contributed by atoms with E-state index in [2.05, 4.69) is 39.5 Å². The molecule has 0 fully saturated rings. The minimum atomic E-state index is 0.199. The number of methoxy groups -OCH3 is 2. The highest BCUT2D eigenvalue weighted by molar-refractivity contribution is 4.78. The second kappa shape index (κ2) is 12.3. The molecular weight excluding hydrogens is 274 g/mol. The molecule has 0 rings (SSSR count). The van der Waals surface area contributed by atoms with Crippen molar-refractivity contribution in [3.63, 3.8) is 0 Å². The highest BCUT2D eigenvalue weighted by Gasteiger charge is 2.27. The van der Waals surface area contributed by atoms with Crippen LogP contribution < -0.4 is 0 Å². The molecule has 0 atom stereocenters. The van der Waals surface area contributed by atoms with Gasteiger partial charge in [0.2, 0.25) is 0 Å². The number of hydrogen-bond acceptors (Lipinski definition) is 3. The molecule has 0 aromatic rings. The van der Waals surface area contributed by atoms with Gasteiger partial charge in [0.1, 0.15) is 0 Å². The fourth-order valence-corrected chi connectivity index (χ4v) is 3.30. The summed E-state index contributed by atoms with van der Waals surface area (Å²) in [6.45, 7) is 16.8. The minimum Gasteiger partial charge on any atom is -0.384 e. The Morgan fingerprint density at radius 2 is 1.36 bits per heavy atom. The van der Waals surface area contributed by atoms with Crippen LogP contribution in [0.2, 0.25) is 0 Å². The smallest absolute Gasteiger partial charge is 0.0540 e. The second-order valence-electron chi connectivity index (χ2n) is 7.72. The predicted octanol–water partition coefficient (Wildman–Crippen LogP) is 4.46. The number of unbranched alkanes of at least 4 members (excludes halogenated alkanes) is 1. The van der Waals surface area contributed by atoms with Gasteiger partial charge in [0.15, 0.2) is 0 Å². The van der Waals surface area contributed by atoms with E-state index in [0.717, 1.165) is 31.5 Å². The molecule has 0 saturated heterocycles. The van der Waals surface area contributed by atoms with E-state index in [9.17, 15) is 0 Å². The first-order chi connectivity index (χ1) is 10.4. The average Bonchev–Trinajstić information content (AvgIpc) is 2.42. The Labute approximate surface area is 139 Å². The SMILES string of the molecule is CCC(CCCCN(CC(C)C)CC(C)C)(COC)COC. The molecule has 0 amide bonds. The van der Waals surface area contributed by atoms with Crippen LogP contribution in [-0.2, 0) is 9.47 Å². The normalized spacial score (nSPS) is 12.8. The first kappa shape index (κ1) is 21.9. The number of hydrogen-bond donors (Lipinski definition) is 0. The maximum Gasteiger partial charge on any atom is 0.0540 e. The Bertz CT molecular complexity index is 238. The molecule has 0 bridgehead atoms. The molecule has 0 aromatic heterocycles. The Morgan fingerprint density at radius 3 is 1.73 bits per heavy atom. The summed E-state index contributed by atoms with van der Waals surface area (Å²) in [5.41, 5.74) is 0.199. The van der Waals surface area contributed by atoms with E-state index < -0.39 is 0 Å². The number of nitrogens with zero attached hydrogens (tertiary/aromatic N) is 1. The summed E-state index contributed by atoms with van der Waals surface area (Å²) in [5, 5.41) is 0. The maximum atomic E-state index is 5.44. The largest absolute Gasteiger partial charge is 0.384 e. The molecule has 0 aliphatic rings. The summed E-state index contributed by atoms with van der Waals surface area (Å²) in [6.07, 6.45) is 4.85. The van der Waals surface area contributed by atoms with Crippen molar-refractivity contribution in [2.45, 2.75) is 60.3 Å². The third-order valence-electron chi connectivity index (χ3n) is 4.33. The molecule has 134 valence electrons. The fraction of sp³-hybridized carbons (Fsp3) is 1.00. The fourth-order valence-electron chi connectivity index (χ4n) is 3.30. The lowest BCUT2D eigenvalue weighted by molar-refractivity contribution is -0.000159. The molecule has 0 aliphatic carbocycles.